The van der Waals surface area contributed by atoms with Gasteiger partial charge in [-0.05, 0) is 40.6 Å². The number of ether oxygens (including phenoxy) is 1. The van der Waals surface area contributed by atoms with Crippen molar-refractivity contribution in [2.45, 2.75) is 13.2 Å². The predicted molar refractivity (Wildman–Crippen MR) is 123 cm³/mol. The third kappa shape index (κ3) is 4.54. The van der Waals surface area contributed by atoms with Crippen molar-refractivity contribution in [1.82, 2.24) is 9.78 Å². The summed E-state index contributed by atoms with van der Waals surface area (Å²) in [7, 11) is 0. The van der Waals surface area contributed by atoms with Gasteiger partial charge in [0, 0.05) is 12.3 Å². The summed E-state index contributed by atoms with van der Waals surface area (Å²) >= 11 is 0. The average molecular weight is 423 g/mol. The maximum Gasteiger partial charge on any atom is 0.292 e. The van der Waals surface area contributed by atoms with Gasteiger partial charge in [0.2, 0.25) is 0 Å². The first-order chi connectivity index (χ1) is 15.7. The molecular weight excluding hydrogens is 402 g/mol. The number of amides is 1. The maximum absolute atomic E-state index is 12.5. The number of furan rings is 1. The largest absolute Gasteiger partial charge is 0.486 e. The number of nitrogens with zero attached hydrogens (tertiary/aromatic N) is 2. The Morgan fingerprint density at radius 2 is 1.72 bits per heavy atom. The Kier molecular flexibility index (Phi) is 5.41. The standard InChI is InChI=1S/C26H21N3O3/c30-26(27-25-14-15-29(28-25)17-19-6-2-1-3-7-19)24-13-12-23(32-24)18-31-22-11-10-20-8-4-5-9-21(20)16-22/h1-16H,17-18H2,(H,27,28,30). The number of hydrogen-bond donors (Lipinski definition) is 1. The van der Waals surface area contributed by atoms with E-state index in [4.69, 9.17) is 9.15 Å². The first kappa shape index (κ1) is 19.6. The molecule has 1 amide bonds. The minimum absolute atomic E-state index is 0.208. The SMILES string of the molecule is O=C(Nc1ccn(Cc2ccccc2)n1)c1ccc(COc2ccc3ccccc3c2)o1. The van der Waals surface area contributed by atoms with Crippen molar-refractivity contribution in [3.8, 4) is 5.75 Å². The molecule has 6 heteroatoms. The molecule has 3 aromatic carbocycles. The Hall–Kier alpha value is -4.32. The molecule has 0 aliphatic carbocycles. The van der Waals surface area contributed by atoms with Gasteiger partial charge in [0.1, 0.15) is 18.1 Å². The van der Waals surface area contributed by atoms with Crippen molar-refractivity contribution >= 4 is 22.5 Å². The van der Waals surface area contributed by atoms with Gasteiger partial charge >= 0.3 is 0 Å². The monoisotopic (exact) mass is 423 g/mol. The van der Waals surface area contributed by atoms with Crippen molar-refractivity contribution in [3.05, 3.63) is 114 Å². The van der Waals surface area contributed by atoms with E-state index in [0.29, 0.717) is 18.1 Å². The van der Waals surface area contributed by atoms with Crippen LogP contribution < -0.4 is 10.1 Å². The lowest BCUT2D eigenvalue weighted by Crippen LogP contribution is -2.12. The molecule has 0 saturated heterocycles. The lowest BCUT2D eigenvalue weighted by Gasteiger charge is -2.06. The van der Waals surface area contributed by atoms with Gasteiger partial charge in [0.05, 0.1) is 6.54 Å². The van der Waals surface area contributed by atoms with Crippen LogP contribution in [0.3, 0.4) is 0 Å². The number of fused-ring (bicyclic) bond motifs is 1. The van der Waals surface area contributed by atoms with Gasteiger partial charge < -0.3 is 14.5 Å². The van der Waals surface area contributed by atoms with Crippen LogP contribution in [0.2, 0.25) is 0 Å². The first-order valence-corrected chi connectivity index (χ1v) is 10.3. The fourth-order valence-corrected chi connectivity index (χ4v) is 3.45. The molecule has 1 N–H and O–H groups in total. The lowest BCUT2D eigenvalue weighted by atomic mass is 10.1. The highest BCUT2D eigenvalue weighted by atomic mass is 16.5. The zero-order chi connectivity index (χ0) is 21.8. The molecule has 6 nitrogen and oxygen atoms in total. The smallest absolute Gasteiger partial charge is 0.292 e. The first-order valence-electron chi connectivity index (χ1n) is 10.3. The van der Waals surface area contributed by atoms with Crippen LogP contribution in [0, 0.1) is 0 Å². The topological polar surface area (TPSA) is 69.3 Å². The van der Waals surface area contributed by atoms with Gasteiger partial charge in [-0.3, -0.25) is 9.48 Å². The van der Waals surface area contributed by atoms with Crippen LogP contribution in [-0.2, 0) is 13.2 Å². The molecule has 5 rings (SSSR count). The second-order valence-corrected chi connectivity index (χ2v) is 7.40. The molecule has 0 atom stereocenters. The summed E-state index contributed by atoms with van der Waals surface area (Å²) in [4.78, 5) is 12.5. The summed E-state index contributed by atoms with van der Waals surface area (Å²) in [6.45, 7) is 0.866. The summed E-state index contributed by atoms with van der Waals surface area (Å²) in [5, 5.41) is 9.43. The van der Waals surface area contributed by atoms with Gasteiger partial charge in [-0.2, -0.15) is 5.10 Å². The molecule has 0 radical (unpaired) electrons. The van der Waals surface area contributed by atoms with Crippen LogP contribution >= 0.6 is 0 Å². The Bertz CT molecular complexity index is 1360. The van der Waals surface area contributed by atoms with E-state index in [1.807, 2.05) is 72.9 Å². The second-order valence-electron chi connectivity index (χ2n) is 7.40. The number of benzene rings is 3. The molecule has 2 aromatic heterocycles. The molecule has 0 bridgehead atoms. The molecule has 0 aliphatic heterocycles. The molecule has 32 heavy (non-hydrogen) atoms. The van der Waals surface area contributed by atoms with Crippen LogP contribution in [0.15, 0.2) is 102 Å². The molecule has 0 unspecified atom stereocenters. The summed E-state index contributed by atoms with van der Waals surface area (Å²) in [5.74, 6) is 1.64. The number of carbonyl (C=O) groups is 1. The minimum Gasteiger partial charge on any atom is -0.486 e. The van der Waals surface area contributed by atoms with Crippen LogP contribution in [-0.4, -0.2) is 15.7 Å². The van der Waals surface area contributed by atoms with E-state index in [0.717, 1.165) is 22.1 Å². The van der Waals surface area contributed by atoms with Crippen LogP contribution in [0.5, 0.6) is 5.75 Å². The number of rotatable bonds is 7. The number of carbonyl (C=O) groups excluding carboxylic acids is 1. The zero-order valence-corrected chi connectivity index (χ0v) is 17.3. The van der Waals surface area contributed by atoms with Gasteiger partial charge in [0.15, 0.2) is 11.6 Å². The van der Waals surface area contributed by atoms with Gasteiger partial charge in [-0.1, -0.05) is 60.7 Å². The molecule has 0 saturated carbocycles. The molecule has 5 aromatic rings. The summed E-state index contributed by atoms with van der Waals surface area (Å²) < 4.78 is 13.3. The summed E-state index contributed by atoms with van der Waals surface area (Å²) in [6, 6.07) is 29.2. The van der Waals surface area contributed by atoms with E-state index in [2.05, 4.69) is 16.5 Å². The van der Waals surface area contributed by atoms with E-state index in [1.165, 1.54) is 0 Å². The minimum atomic E-state index is -0.355. The fraction of sp³-hybridized carbons (Fsp3) is 0.0769. The van der Waals surface area contributed by atoms with Crippen molar-refractivity contribution in [2.24, 2.45) is 0 Å². The highest BCUT2D eigenvalue weighted by Gasteiger charge is 2.13. The second kappa shape index (κ2) is 8.81. The van der Waals surface area contributed by atoms with E-state index >= 15 is 0 Å². The number of nitrogens with one attached hydrogen (secondary N) is 1. The van der Waals surface area contributed by atoms with Crippen molar-refractivity contribution in [1.29, 1.82) is 0 Å². The van der Waals surface area contributed by atoms with Crippen LogP contribution in [0.1, 0.15) is 21.9 Å². The van der Waals surface area contributed by atoms with Gasteiger partial charge in [-0.25, -0.2) is 0 Å². The number of aromatic nitrogens is 2. The highest BCUT2D eigenvalue weighted by molar-refractivity contribution is 6.01. The third-order valence-corrected chi connectivity index (χ3v) is 5.06. The van der Waals surface area contributed by atoms with Crippen molar-refractivity contribution in [2.75, 3.05) is 5.32 Å². The molecular formula is C26H21N3O3. The zero-order valence-electron chi connectivity index (χ0n) is 17.3. The Labute approximate surface area is 185 Å². The molecule has 0 aliphatic rings. The Morgan fingerprint density at radius 1 is 0.906 bits per heavy atom. The number of anilines is 1. The summed E-state index contributed by atoms with van der Waals surface area (Å²) in [5.41, 5.74) is 1.13. The van der Waals surface area contributed by atoms with Crippen LogP contribution in [0.4, 0.5) is 5.82 Å². The maximum atomic E-state index is 12.5. The fourth-order valence-electron chi connectivity index (χ4n) is 3.45. The normalized spacial score (nSPS) is 10.9. The molecule has 158 valence electrons. The van der Waals surface area contributed by atoms with Gasteiger partial charge in [-0.15, -0.1) is 0 Å². The quantitative estimate of drug-likeness (QED) is 0.375. The van der Waals surface area contributed by atoms with E-state index in [-0.39, 0.29) is 18.3 Å². The Morgan fingerprint density at radius 3 is 2.59 bits per heavy atom. The Balaban J connectivity index is 1.18. The van der Waals surface area contributed by atoms with Crippen molar-refractivity contribution < 1.29 is 13.9 Å². The predicted octanol–water partition coefficient (Wildman–Crippen LogP) is 5.51. The van der Waals surface area contributed by atoms with Crippen molar-refractivity contribution in [3.63, 3.8) is 0 Å². The lowest BCUT2D eigenvalue weighted by molar-refractivity contribution is 0.0992. The highest BCUT2D eigenvalue weighted by Crippen LogP contribution is 2.22. The van der Waals surface area contributed by atoms with Gasteiger partial charge in [0.25, 0.3) is 5.91 Å². The van der Waals surface area contributed by atoms with E-state index in [9.17, 15) is 4.79 Å². The summed E-state index contributed by atoms with van der Waals surface area (Å²) in [6.07, 6.45) is 1.83. The number of hydrogen-bond acceptors (Lipinski definition) is 4. The third-order valence-electron chi connectivity index (χ3n) is 5.06. The molecule has 2 heterocycles. The van der Waals surface area contributed by atoms with Crippen LogP contribution in [0.25, 0.3) is 10.8 Å². The molecule has 0 fully saturated rings. The van der Waals surface area contributed by atoms with E-state index < -0.39 is 0 Å². The molecule has 0 spiro atoms. The average Bonchev–Trinajstić information content (AvgIpc) is 3.48. The van der Waals surface area contributed by atoms with E-state index in [1.54, 1.807) is 22.9 Å².